The highest BCUT2D eigenvalue weighted by molar-refractivity contribution is 9.10. The summed E-state index contributed by atoms with van der Waals surface area (Å²) in [6.45, 7) is 7.65. The quantitative estimate of drug-likeness (QED) is 0.703. The van der Waals surface area contributed by atoms with E-state index in [4.69, 9.17) is 6.57 Å². The van der Waals surface area contributed by atoms with Gasteiger partial charge in [-0.1, -0.05) is 34.5 Å². The fourth-order valence-electron chi connectivity index (χ4n) is 2.11. The van der Waals surface area contributed by atoms with Gasteiger partial charge < -0.3 is 4.85 Å². The molecule has 0 spiro atoms. The molecule has 1 nitrogen and oxygen atoms in total. The van der Waals surface area contributed by atoms with Gasteiger partial charge in [0, 0.05) is 4.47 Å². The molecule has 0 unspecified atom stereocenters. The molecule has 0 aliphatic heterocycles. The van der Waals surface area contributed by atoms with Crippen LogP contribution in [-0.4, -0.2) is 6.54 Å². The zero-order valence-corrected chi connectivity index (χ0v) is 9.55. The number of benzene rings is 1. The Hall–Kier alpha value is -0.810. The molecular formula is C12H12BrN. The van der Waals surface area contributed by atoms with Gasteiger partial charge in [0.2, 0.25) is 6.54 Å². The minimum absolute atomic E-state index is 0.172. The molecule has 0 heterocycles. The van der Waals surface area contributed by atoms with E-state index in [1.807, 2.05) is 6.07 Å². The van der Waals surface area contributed by atoms with Gasteiger partial charge in [-0.15, -0.1) is 0 Å². The first kappa shape index (κ1) is 9.73. The van der Waals surface area contributed by atoms with Gasteiger partial charge in [-0.05, 0) is 30.5 Å². The number of hydrogen-bond donors (Lipinski definition) is 0. The Bertz CT molecular complexity index is 374. The number of halogens is 1. The first-order valence-corrected chi connectivity index (χ1v) is 5.65. The van der Waals surface area contributed by atoms with Crippen LogP contribution in [0.25, 0.3) is 4.85 Å². The van der Waals surface area contributed by atoms with Gasteiger partial charge in [-0.25, -0.2) is 6.57 Å². The van der Waals surface area contributed by atoms with E-state index in [1.54, 1.807) is 0 Å². The van der Waals surface area contributed by atoms with Crippen molar-refractivity contribution in [3.05, 3.63) is 45.7 Å². The average molecular weight is 250 g/mol. The normalized spacial score (nSPS) is 18.3. The third-order valence-corrected chi connectivity index (χ3v) is 3.62. The van der Waals surface area contributed by atoms with Crippen LogP contribution in [0.15, 0.2) is 28.7 Å². The second-order valence-corrected chi connectivity index (χ2v) is 4.88. The first-order chi connectivity index (χ1) is 6.77. The highest BCUT2D eigenvalue weighted by Crippen LogP contribution is 2.44. The molecule has 0 radical (unpaired) electrons. The van der Waals surface area contributed by atoms with E-state index in [2.05, 4.69) is 39.0 Å². The molecule has 14 heavy (non-hydrogen) atoms. The molecule has 1 aliphatic carbocycles. The van der Waals surface area contributed by atoms with Crippen molar-refractivity contribution in [2.75, 3.05) is 6.54 Å². The molecule has 0 saturated heterocycles. The van der Waals surface area contributed by atoms with Crippen molar-refractivity contribution in [3.63, 3.8) is 0 Å². The highest BCUT2D eigenvalue weighted by atomic mass is 79.9. The molecule has 0 N–H and O–H groups in total. The summed E-state index contributed by atoms with van der Waals surface area (Å²) < 4.78 is 1.12. The fourth-order valence-corrected chi connectivity index (χ4v) is 2.51. The minimum atomic E-state index is 0.172. The summed E-state index contributed by atoms with van der Waals surface area (Å²) in [5, 5.41) is 0. The van der Waals surface area contributed by atoms with Gasteiger partial charge in [0.05, 0.1) is 5.41 Å². The van der Waals surface area contributed by atoms with Gasteiger partial charge >= 0.3 is 0 Å². The van der Waals surface area contributed by atoms with E-state index in [9.17, 15) is 0 Å². The van der Waals surface area contributed by atoms with E-state index in [0.29, 0.717) is 6.54 Å². The molecule has 0 amide bonds. The Balaban J connectivity index is 2.32. The zero-order chi connectivity index (χ0) is 10.0. The highest BCUT2D eigenvalue weighted by Gasteiger charge is 2.41. The Kier molecular flexibility index (Phi) is 2.60. The molecule has 1 fully saturated rings. The van der Waals surface area contributed by atoms with E-state index >= 15 is 0 Å². The maximum absolute atomic E-state index is 7.01. The zero-order valence-electron chi connectivity index (χ0n) is 7.96. The van der Waals surface area contributed by atoms with Crippen molar-refractivity contribution in [1.82, 2.24) is 0 Å². The topological polar surface area (TPSA) is 4.36 Å². The Morgan fingerprint density at radius 1 is 1.43 bits per heavy atom. The maximum Gasteiger partial charge on any atom is 0.224 e. The van der Waals surface area contributed by atoms with Gasteiger partial charge in [0.15, 0.2) is 0 Å². The second kappa shape index (κ2) is 3.74. The van der Waals surface area contributed by atoms with Crippen LogP contribution in [0.3, 0.4) is 0 Å². The predicted octanol–water partition coefficient (Wildman–Crippen LogP) is 3.79. The van der Waals surface area contributed by atoms with Crippen LogP contribution >= 0.6 is 15.9 Å². The summed E-state index contributed by atoms with van der Waals surface area (Å²) in [5.74, 6) is 0. The molecule has 1 aliphatic rings. The van der Waals surface area contributed by atoms with Crippen LogP contribution in [0.1, 0.15) is 24.8 Å². The Morgan fingerprint density at radius 3 is 2.71 bits per heavy atom. The van der Waals surface area contributed by atoms with E-state index < -0.39 is 0 Å². The van der Waals surface area contributed by atoms with Gasteiger partial charge in [-0.2, -0.15) is 0 Å². The van der Waals surface area contributed by atoms with Crippen molar-refractivity contribution in [3.8, 4) is 0 Å². The van der Waals surface area contributed by atoms with E-state index in [1.165, 1.54) is 24.8 Å². The molecule has 1 saturated carbocycles. The molecule has 0 aromatic heterocycles. The lowest BCUT2D eigenvalue weighted by molar-refractivity contribution is 0.266. The summed E-state index contributed by atoms with van der Waals surface area (Å²) in [6, 6.07) is 8.40. The molecule has 1 aromatic carbocycles. The van der Waals surface area contributed by atoms with Crippen molar-refractivity contribution in [1.29, 1.82) is 0 Å². The summed E-state index contributed by atoms with van der Waals surface area (Å²) in [7, 11) is 0. The SMILES string of the molecule is [C-]#[N+]CC1(c2cccc(Br)c2)CCC1. The van der Waals surface area contributed by atoms with Crippen LogP contribution in [-0.2, 0) is 5.41 Å². The lowest BCUT2D eigenvalue weighted by Crippen LogP contribution is -2.36. The minimum Gasteiger partial charge on any atom is -0.316 e. The number of nitrogens with zero attached hydrogens (tertiary/aromatic N) is 1. The molecule has 72 valence electrons. The number of hydrogen-bond acceptors (Lipinski definition) is 0. The van der Waals surface area contributed by atoms with Gasteiger partial charge in [0.1, 0.15) is 0 Å². The smallest absolute Gasteiger partial charge is 0.224 e. The lowest BCUT2D eigenvalue weighted by Gasteiger charge is -2.37. The van der Waals surface area contributed by atoms with Gasteiger partial charge in [-0.3, -0.25) is 0 Å². The Labute approximate surface area is 93.1 Å². The van der Waals surface area contributed by atoms with Crippen LogP contribution < -0.4 is 0 Å². The van der Waals surface area contributed by atoms with Crippen molar-refractivity contribution < 1.29 is 0 Å². The predicted molar refractivity (Wildman–Crippen MR) is 61.1 cm³/mol. The molecule has 0 atom stereocenters. The van der Waals surface area contributed by atoms with Crippen molar-refractivity contribution >= 4 is 15.9 Å². The van der Waals surface area contributed by atoms with Crippen LogP contribution in [0.2, 0.25) is 0 Å². The van der Waals surface area contributed by atoms with E-state index in [0.717, 1.165) is 4.47 Å². The monoisotopic (exact) mass is 249 g/mol. The summed E-state index contributed by atoms with van der Waals surface area (Å²) in [5.41, 5.74) is 1.50. The third kappa shape index (κ3) is 1.57. The first-order valence-electron chi connectivity index (χ1n) is 4.86. The lowest BCUT2D eigenvalue weighted by atomic mass is 9.64. The van der Waals surface area contributed by atoms with Crippen LogP contribution in [0, 0.1) is 6.57 Å². The fraction of sp³-hybridized carbons (Fsp3) is 0.417. The van der Waals surface area contributed by atoms with Crippen LogP contribution in [0.5, 0.6) is 0 Å². The summed E-state index contributed by atoms with van der Waals surface area (Å²) >= 11 is 3.48. The molecular weight excluding hydrogens is 238 g/mol. The van der Waals surface area contributed by atoms with Crippen LogP contribution in [0.4, 0.5) is 0 Å². The average Bonchev–Trinajstić information content (AvgIpc) is 2.11. The second-order valence-electron chi connectivity index (χ2n) is 3.96. The summed E-state index contributed by atoms with van der Waals surface area (Å²) in [4.78, 5) is 3.57. The number of rotatable bonds is 2. The standard InChI is InChI=1S/C12H12BrN/c1-14-9-12(6-3-7-12)10-4-2-5-11(13)8-10/h2,4-5,8H,3,6-7,9H2. The molecule has 2 heteroatoms. The largest absolute Gasteiger partial charge is 0.316 e. The van der Waals surface area contributed by atoms with E-state index in [-0.39, 0.29) is 5.41 Å². The van der Waals surface area contributed by atoms with Crippen molar-refractivity contribution in [2.24, 2.45) is 0 Å². The Morgan fingerprint density at radius 2 is 2.21 bits per heavy atom. The molecule has 1 aromatic rings. The molecule has 0 bridgehead atoms. The van der Waals surface area contributed by atoms with Gasteiger partial charge in [0.25, 0.3) is 0 Å². The van der Waals surface area contributed by atoms with Crippen molar-refractivity contribution in [2.45, 2.75) is 24.7 Å². The maximum atomic E-state index is 7.01. The molecule has 2 rings (SSSR count). The summed E-state index contributed by atoms with van der Waals surface area (Å²) in [6.07, 6.45) is 3.61. The third-order valence-electron chi connectivity index (χ3n) is 3.13.